The Morgan fingerprint density at radius 2 is 1.94 bits per heavy atom. The highest BCUT2D eigenvalue weighted by atomic mass is 16.5. The van der Waals surface area contributed by atoms with Crippen LogP contribution in [0.4, 0.5) is 6.01 Å². The van der Waals surface area contributed by atoms with Crippen LogP contribution in [0.1, 0.15) is 25.2 Å². The summed E-state index contributed by atoms with van der Waals surface area (Å²) in [6, 6.07) is 10.8. The molecule has 0 aliphatic heterocycles. The third kappa shape index (κ3) is 3.87. The molecule has 0 unspecified atom stereocenters. The second kappa shape index (κ2) is 6.19. The molecule has 2 rings (SSSR count). The number of aryl methyl sites for hydroxylation is 2. The van der Waals surface area contributed by atoms with Crippen molar-refractivity contribution in [1.29, 1.82) is 0 Å². The van der Waals surface area contributed by atoms with Crippen molar-refractivity contribution in [3.05, 3.63) is 41.7 Å². The summed E-state index contributed by atoms with van der Waals surface area (Å²) >= 11 is 0. The molecule has 0 aliphatic carbocycles. The van der Waals surface area contributed by atoms with Crippen molar-refractivity contribution >= 4 is 6.01 Å². The minimum Gasteiger partial charge on any atom is -0.338 e. The van der Waals surface area contributed by atoms with Gasteiger partial charge in [0.15, 0.2) is 5.82 Å². The molecular weight excluding hydrogens is 226 g/mol. The van der Waals surface area contributed by atoms with E-state index in [-0.39, 0.29) is 0 Å². The van der Waals surface area contributed by atoms with Crippen molar-refractivity contribution in [3.8, 4) is 0 Å². The maximum atomic E-state index is 5.13. The van der Waals surface area contributed by atoms with Gasteiger partial charge in [0, 0.05) is 13.0 Å². The Morgan fingerprint density at radius 3 is 2.67 bits per heavy atom. The van der Waals surface area contributed by atoms with E-state index < -0.39 is 0 Å². The van der Waals surface area contributed by atoms with Gasteiger partial charge in [-0.1, -0.05) is 49.3 Å². The highest BCUT2D eigenvalue weighted by Gasteiger charge is 2.06. The molecule has 0 radical (unpaired) electrons. The van der Waals surface area contributed by atoms with Crippen molar-refractivity contribution < 1.29 is 4.52 Å². The van der Waals surface area contributed by atoms with Crippen LogP contribution in [0.5, 0.6) is 0 Å². The maximum absolute atomic E-state index is 5.13. The summed E-state index contributed by atoms with van der Waals surface area (Å²) in [4.78, 5) is 4.31. The topological polar surface area (TPSA) is 51.0 Å². The first-order valence-electron chi connectivity index (χ1n) is 6.34. The Labute approximate surface area is 107 Å². The number of hydrogen-bond donors (Lipinski definition) is 1. The number of anilines is 1. The van der Waals surface area contributed by atoms with Crippen LogP contribution in [0.2, 0.25) is 0 Å². The third-order valence-electron chi connectivity index (χ3n) is 2.61. The Bertz CT molecular complexity index is 465. The average Bonchev–Trinajstić information content (AvgIpc) is 2.83. The van der Waals surface area contributed by atoms with Gasteiger partial charge in [0.2, 0.25) is 0 Å². The number of hydrogen-bond acceptors (Lipinski definition) is 4. The van der Waals surface area contributed by atoms with E-state index in [0.29, 0.717) is 11.9 Å². The molecule has 1 heterocycles. The van der Waals surface area contributed by atoms with Crippen LogP contribution >= 0.6 is 0 Å². The molecule has 4 heteroatoms. The molecule has 1 aromatic heterocycles. The number of nitrogens with zero attached hydrogens (tertiary/aromatic N) is 2. The molecule has 4 nitrogen and oxygen atoms in total. The average molecular weight is 245 g/mol. The number of rotatable bonds is 6. The first-order valence-corrected chi connectivity index (χ1v) is 6.34. The fraction of sp³-hybridized carbons (Fsp3) is 0.429. The molecule has 1 aromatic carbocycles. The van der Waals surface area contributed by atoms with E-state index >= 15 is 0 Å². The fourth-order valence-electron chi connectivity index (χ4n) is 1.62. The second-order valence-electron chi connectivity index (χ2n) is 4.78. The van der Waals surface area contributed by atoms with E-state index in [1.807, 2.05) is 18.2 Å². The van der Waals surface area contributed by atoms with Gasteiger partial charge in [-0.25, -0.2) is 0 Å². The summed E-state index contributed by atoms with van der Waals surface area (Å²) in [7, 11) is 0. The molecule has 0 atom stereocenters. The number of benzene rings is 1. The maximum Gasteiger partial charge on any atom is 0.321 e. The SMILES string of the molecule is CC(C)CNc1nc(CCc2ccccc2)no1. The van der Waals surface area contributed by atoms with Gasteiger partial charge in [-0.15, -0.1) is 0 Å². The zero-order chi connectivity index (χ0) is 12.8. The van der Waals surface area contributed by atoms with Crippen molar-refractivity contribution in [2.24, 2.45) is 5.92 Å². The summed E-state index contributed by atoms with van der Waals surface area (Å²) in [6.45, 7) is 5.12. The largest absolute Gasteiger partial charge is 0.338 e. The third-order valence-corrected chi connectivity index (χ3v) is 2.61. The van der Waals surface area contributed by atoms with Crippen LogP contribution < -0.4 is 5.32 Å². The molecule has 0 amide bonds. The molecule has 18 heavy (non-hydrogen) atoms. The lowest BCUT2D eigenvalue weighted by Crippen LogP contribution is -2.08. The zero-order valence-corrected chi connectivity index (χ0v) is 10.9. The minimum absolute atomic E-state index is 0.520. The van der Waals surface area contributed by atoms with Crippen molar-refractivity contribution in [2.75, 3.05) is 11.9 Å². The van der Waals surface area contributed by atoms with Crippen LogP contribution in [0.25, 0.3) is 0 Å². The number of nitrogens with one attached hydrogen (secondary N) is 1. The van der Waals surface area contributed by atoms with E-state index in [0.717, 1.165) is 25.2 Å². The van der Waals surface area contributed by atoms with Crippen LogP contribution in [0.3, 0.4) is 0 Å². The van der Waals surface area contributed by atoms with E-state index in [1.165, 1.54) is 5.56 Å². The van der Waals surface area contributed by atoms with Crippen molar-refractivity contribution in [2.45, 2.75) is 26.7 Å². The van der Waals surface area contributed by atoms with Gasteiger partial charge >= 0.3 is 6.01 Å². The highest BCUT2D eigenvalue weighted by molar-refractivity contribution is 5.19. The molecule has 0 saturated heterocycles. The summed E-state index contributed by atoms with van der Waals surface area (Å²) in [5.74, 6) is 1.31. The van der Waals surface area contributed by atoms with Gasteiger partial charge in [0.1, 0.15) is 0 Å². The molecule has 96 valence electrons. The lowest BCUT2D eigenvalue weighted by atomic mass is 10.1. The summed E-state index contributed by atoms with van der Waals surface area (Å²) < 4.78 is 5.13. The lowest BCUT2D eigenvalue weighted by molar-refractivity contribution is 0.420. The van der Waals surface area contributed by atoms with Crippen LogP contribution in [-0.4, -0.2) is 16.7 Å². The van der Waals surface area contributed by atoms with Crippen LogP contribution in [-0.2, 0) is 12.8 Å². The second-order valence-corrected chi connectivity index (χ2v) is 4.78. The Balaban J connectivity index is 1.83. The van der Waals surface area contributed by atoms with Crippen molar-refractivity contribution in [1.82, 2.24) is 10.1 Å². The molecule has 0 bridgehead atoms. The predicted molar refractivity (Wildman–Crippen MR) is 71.5 cm³/mol. The Kier molecular flexibility index (Phi) is 4.34. The van der Waals surface area contributed by atoms with Gasteiger partial charge in [-0.2, -0.15) is 4.98 Å². The molecule has 0 fully saturated rings. The van der Waals surface area contributed by atoms with Gasteiger partial charge in [-0.05, 0) is 17.9 Å². The molecule has 0 spiro atoms. The zero-order valence-electron chi connectivity index (χ0n) is 10.9. The van der Waals surface area contributed by atoms with Crippen LogP contribution in [0, 0.1) is 5.92 Å². The number of aromatic nitrogens is 2. The Morgan fingerprint density at radius 1 is 1.17 bits per heavy atom. The summed E-state index contributed by atoms with van der Waals surface area (Å²) in [6.07, 6.45) is 1.74. The minimum atomic E-state index is 0.520. The monoisotopic (exact) mass is 245 g/mol. The lowest BCUT2D eigenvalue weighted by Gasteiger charge is -2.02. The fourth-order valence-corrected chi connectivity index (χ4v) is 1.62. The molecule has 1 N–H and O–H groups in total. The standard InChI is InChI=1S/C14H19N3O/c1-11(2)10-15-14-16-13(17-18-14)9-8-12-6-4-3-5-7-12/h3-7,11H,8-10H2,1-2H3,(H,15,16,17). The summed E-state index contributed by atoms with van der Waals surface area (Å²) in [5, 5.41) is 7.08. The molecule has 2 aromatic rings. The van der Waals surface area contributed by atoms with Crippen LogP contribution in [0.15, 0.2) is 34.9 Å². The molecule has 0 saturated carbocycles. The van der Waals surface area contributed by atoms with E-state index in [1.54, 1.807) is 0 Å². The molecule has 0 aliphatic rings. The van der Waals surface area contributed by atoms with Crippen molar-refractivity contribution in [3.63, 3.8) is 0 Å². The van der Waals surface area contributed by atoms with Gasteiger partial charge in [0.05, 0.1) is 0 Å². The van der Waals surface area contributed by atoms with E-state index in [9.17, 15) is 0 Å². The highest BCUT2D eigenvalue weighted by Crippen LogP contribution is 2.08. The Hall–Kier alpha value is -1.84. The molecular formula is C14H19N3O. The normalized spacial score (nSPS) is 10.8. The predicted octanol–water partition coefficient (Wildman–Crippen LogP) is 2.92. The smallest absolute Gasteiger partial charge is 0.321 e. The van der Waals surface area contributed by atoms with E-state index in [4.69, 9.17) is 4.52 Å². The van der Waals surface area contributed by atoms with E-state index in [2.05, 4.69) is 41.4 Å². The van der Waals surface area contributed by atoms with Gasteiger partial charge < -0.3 is 9.84 Å². The van der Waals surface area contributed by atoms with Gasteiger partial charge in [-0.3, -0.25) is 0 Å². The van der Waals surface area contributed by atoms with Gasteiger partial charge in [0.25, 0.3) is 0 Å². The first-order chi connectivity index (χ1) is 8.74. The summed E-state index contributed by atoms with van der Waals surface area (Å²) in [5.41, 5.74) is 1.29. The quantitative estimate of drug-likeness (QED) is 0.850. The first kappa shape index (κ1) is 12.6.